The molecule has 1 aromatic rings. The molecule has 0 unspecified atom stereocenters. The lowest BCUT2D eigenvalue weighted by Gasteiger charge is -2.19. The van der Waals surface area contributed by atoms with Crippen LogP contribution in [0.2, 0.25) is 0 Å². The number of carbonyl (C=O) groups excluding carboxylic acids is 1. The van der Waals surface area contributed by atoms with Crippen molar-refractivity contribution in [3.63, 3.8) is 0 Å². The Morgan fingerprint density at radius 3 is 2.67 bits per heavy atom. The second-order valence-electron chi connectivity index (χ2n) is 4.16. The molecule has 84 valence electrons. The number of carbonyl (C=O) groups is 1. The molecule has 0 saturated heterocycles. The summed E-state index contributed by atoms with van der Waals surface area (Å²) in [4.78, 5) is 11.3. The molecule has 6 heteroatoms. The molecule has 0 saturated carbocycles. The summed E-state index contributed by atoms with van der Waals surface area (Å²) in [6.45, 7) is 8.05. The summed E-state index contributed by atoms with van der Waals surface area (Å²) in [5.41, 5.74) is -0.231. The number of nitrogens with zero attached hydrogens (tertiary/aromatic N) is 4. The van der Waals surface area contributed by atoms with Gasteiger partial charge in [-0.05, 0) is 38.1 Å². The van der Waals surface area contributed by atoms with Crippen LogP contribution in [0.4, 0.5) is 0 Å². The number of esters is 1. The topological polar surface area (TPSA) is 69.9 Å². The lowest BCUT2D eigenvalue weighted by Crippen LogP contribution is -2.27. The van der Waals surface area contributed by atoms with Gasteiger partial charge < -0.3 is 4.74 Å². The summed E-state index contributed by atoms with van der Waals surface area (Å²) >= 11 is 0. The van der Waals surface area contributed by atoms with E-state index in [1.54, 1.807) is 11.6 Å². The second-order valence-corrected chi connectivity index (χ2v) is 4.16. The van der Waals surface area contributed by atoms with E-state index in [0.29, 0.717) is 12.4 Å². The van der Waals surface area contributed by atoms with Crippen LogP contribution in [-0.2, 0) is 21.5 Å². The minimum Gasteiger partial charge on any atom is -0.466 e. The van der Waals surface area contributed by atoms with Crippen LogP contribution in [-0.4, -0.2) is 32.8 Å². The maximum absolute atomic E-state index is 11.3. The molecule has 0 aliphatic rings. The lowest BCUT2D eigenvalue weighted by atomic mass is 10.1. The van der Waals surface area contributed by atoms with Gasteiger partial charge in [-0.25, -0.2) is 4.68 Å². The van der Waals surface area contributed by atoms with E-state index in [1.807, 2.05) is 20.8 Å². The lowest BCUT2D eigenvalue weighted by molar-refractivity contribution is -0.142. The molecule has 0 bridgehead atoms. The van der Waals surface area contributed by atoms with Crippen molar-refractivity contribution < 1.29 is 9.53 Å². The fraction of sp³-hybridized carbons (Fsp3) is 0.778. The highest BCUT2D eigenvalue weighted by Crippen LogP contribution is 2.13. The highest BCUT2D eigenvalue weighted by Gasteiger charge is 2.21. The predicted molar refractivity (Wildman–Crippen MR) is 53.2 cm³/mol. The summed E-state index contributed by atoms with van der Waals surface area (Å²) in [6, 6.07) is 0. The molecule has 15 heavy (non-hydrogen) atoms. The largest absolute Gasteiger partial charge is 0.466 e. The van der Waals surface area contributed by atoms with Crippen molar-refractivity contribution in [2.24, 2.45) is 0 Å². The Labute approximate surface area is 88.6 Å². The number of hydrogen-bond donors (Lipinski definition) is 0. The minimum absolute atomic E-state index is 0.109. The molecular formula is C9H16N4O2. The average molecular weight is 212 g/mol. The van der Waals surface area contributed by atoms with Crippen molar-refractivity contribution in [1.29, 1.82) is 0 Å². The van der Waals surface area contributed by atoms with E-state index in [1.165, 1.54) is 0 Å². The first-order valence-electron chi connectivity index (χ1n) is 4.88. The van der Waals surface area contributed by atoms with Gasteiger partial charge >= 0.3 is 5.97 Å². The number of hydrogen-bond acceptors (Lipinski definition) is 5. The van der Waals surface area contributed by atoms with Gasteiger partial charge in [0.25, 0.3) is 0 Å². The van der Waals surface area contributed by atoms with Crippen LogP contribution in [0.25, 0.3) is 0 Å². The number of ether oxygens (including phenoxy) is 1. The quantitative estimate of drug-likeness (QED) is 0.684. The van der Waals surface area contributed by atoms with Crippen molar-refractivity contribution in [3.05, 3.63) is 5.82 Å². The van der Waals surface area contributed by atoms with Gasteiger partial charge in [0.1, 0.15) is 6.42 Å². The molecule has 1 heterocycles. The smallest absolute Gasteiger partial charge is 0.313 e. The third-order valence-corrected chi connectivity index (χ3v) is 1.78. The molecule has 6 nitrogen and oxygen atoms in total. The summed E-state index contributed by atoms with van der Waals surface area (Å²) in [5, 5.41) is 11.2. The Morgan fingerprint density at radius 2 is 2.13 bits per heavy atom. The molecular weight excluding hydrogens is 196 g/mol. The van der Waals surface area contributed by atoms with E-state index in [4.69, 9.17) is 4.74 Å². The third-order valence-electron chi connectivity index (χ3n) is 1.78. The zero-order valence-electron chi connectivity index (χ0n) is 9.52. The van der Waals surface area contributed by atoms with Crippen LogP contribution < -0.4 is 0 Å². The van der Waals surface area contributed by atoms with Crippen molar-refractivity contribution in [1.82, 2.24) is 20.2 Å². The van der Waals surface area contributed by atoms with Gasteiger partial charge in [0.05, 0.1) is 12.1 Å². The zero-order valence-corrected chi connectivity index (χ0v) is 9.52. The Morgan fingerprint density at radius 1 is 1.47 bits per heavy atom. The highest BCUT2D eigenvalue weighted by atomic mass is 16.5. The SMILES string of the molecule is CCOC(=O)Cc1nnnn1C(C)(C)C. The van der Waals surface area contributed by atoms with Gasteiger partial charge in [0.2, 0.25) is 0 Å². The van der Waals surface area contributed by atoms with Gasteiger partial charge in [-0.3, -0.25) is 4.79 Å². The molecule has 0 amide bonds. The van der Waals surface area contributed by atoms with E-state index >= 15 is 0 Å². The molecule has 0 N–H and O–H groups in total. The summed E-state index contributed by atoms with van der Waals surface area (Å²) < 4.78 is 6.46. The van der Waals surface area contributed by atoms with Gasteiger partial charge in [-0.15, -0.1) is 5.10 Å². The van der Waals surface area contributed by atoms with Crippen molar-refractivity contribution in [2.75, 3.05) is 6.61 Å². The van der Waals surface area contributed by atoms with Crippen LogP contribution in [0.15, 0.2) is 0 Å². The Hall–Kier alpha value is -1.46. The van der Waals surface area contributed by atoms with E-state index in [-0.39, 0.29) is 17.9 Å². The first-order chi connectivity index (χ1) is 6.95. The number of rotatable bonds is 3. The van der Waals surface area contributed by atoms with Crippen molar-refractivity contribution >= 4 is 5.97 Å². The molecule has 0 spiro atoms. The van der Waals surface area contributed by atoms with Crippen LogP contribution in [0.5, 0.6) is 0 Å². The van der Waals surface area contributed by atoms with Crippen LogP contribution in [0, 0.1) is 0 Å². The molecule has 0 aliphatic heterocycles. The van der Waals surface area contributed by atoms with Crippen LogP contribution in [0.1, 0.15) is 33.5 Å². The average Bonchev–Trinajstić information content (AvgIpc) is 2.51. The minimum atomic E-state index is -0.308. The van der Waals surface area contributed by atoms with Crippen LogP contribution >= 0.6 is 0 Å². The Kier molecular flexibility index (Phi) is 3.39. The molecule has 1 aromatic heterocycles. The second kappa shape index (κ2) is 4.37. The maximum Gasteiger partial charge on any atom is 0.313 e. The van der Waals surface area contributed by atoms with Gasteiger partial charge in [0.15, 0.2) is 5.82 Å². The molecule has 0 radical (unpaired) electrons. The Balaban J connectivity index is 2.78. The first-order valence-corrected chi connectivity index (χ1v) is 4.88. The van der Waals surface area contributed by atoms with E-state index in [2.05, 4.69) is 15.5 Å². The summed E-state index contributed by atoms with van der Waals surface area (Å²) in [6.07, 6.45) is 0.109. The van der Waals surface area contributed by atoms with E-state index < -0.39 is 0 Å². The number of aromatic nitrogens is 4. The molecule has 1 rings (SSSR count). The molecule has 0 aliphatic carbocycles. The van der Waals surface area contributed by atoms with Crippen LogP contribution in [0.3, 0.4) is 0 Å². The van der Waals surface area contributed by atoms with Gasteiger partial charge in [0, 0.05) is 0 Å². The standard InChI is InChI=1S/C9H16N4O2/c1-5-15-8(14)6-7-10-11-12-13(7)9(2,3)4/h5-6H2,1-4H3. The normalized spacial score (nSPS) is 11.5. The molecule has 0 atom stereocenters. The monoisotopic (exact) mass is 212 g/mol. The van der Waals surface area contributed by atoms with Crippen molar-refractivity contribution in [3.8, 4) is 0 Å². The highest BCUT2D eigenvalue weighted by molar-refractivity contribution is 5.71. The molecule has 0 aromatic carbocycles. The van der Waals surface area contributed by atoms with Gasteiger partial charge in [-0.1, -0.05) is 0 Å². The fourth-order valence-electron chi connectivity index (χ4n) is 1.18. The maximum atomic E-state index is 11.3. The number of tetrazole rings is 1. The summed E-state index contributed by atoms with van der Waals surface area (Å²) in [5.74, 6) is 0.221. The van der Waals surface area contributed by atoms with Crippen molar-refractivity contribution in [2.45, 2.75) is 39.7 Å². The van der Waals surface area contributed by atoms with E-state index in [9.17, 15) is 4.79 Å². The zero-order chi connectivity index (χ0) is 11.5. The predicted octanol–water partition coefficient (Wildman–Crippen LogP) is 0.534. The first kappa shape index (κ1) is 11.6. The fourth-order valence-corrected chi connectivity index (χ4v) is 1.18. The van der Waals surface area contributed by atoms with Gasteiger partial charge in [-0.2, -0.15) is 0 Å². The Bertz CT molecular complexity index is 340. The summed E-state index contributed by atoms with van der Waals surface area (Å²) in [7, 11) is 0. The molecule has 0 fully saturated rings. The van der Waals surface area contributed by atoms with E-state index in [0.717, 1.165) is 0 Å². The third kappa shape index (κ3) is 3.00.